The van der Waals surface area contributed by atoms with Crippen molar-refractivity contribution < 1.29 is 0 Å². The molecule has 0 bridgehead atoms. The lowest BCUT2D eigenvalue weighted by Crippen LogP contribution is -2.36. The van der Waals surface area contributed by atoms with Crippen LogP contribution in [0, 0.1) is 0 Å². The number of rotatable bonds is 5. The van der Waals surface area contributed by atoms with Crippen molar-refractivity contribution in [3.05, 3.63) is 30.9 Å². The number of H-pyrrole nitrogens is 1. The highest BCUT2D eigenvalue weighted by Crippen LogP contribution is 2.30. The fraction of sp³-hybridized carbons (Fsp3) is 0.529. The number of piperidine rings is 1. The molecule has 1 fully saturated rings. The molecular weight excluding hydrogens is 302 g/mol. The number of aryl methyl sites for hydroxylation is 1. The van der Waals surface area contributed by atoms with Crippen LogP contribution in [0.3, 0.4) is 0 Å². The zero-order valence-electron chi connectivity index (χ0n) is 14.0. The van der Waals surface area contributed by atoms with Crippen LogP contribution in [-0.4, -0.2) is 42.6 Å². The fourth-order valence-electron chi connectivity index (χ4n) is 3.57. The van der Waals surface area contributed by atoms with Gasteiger partial charge in [0.2, 0.25) is 0 Å². The number of unbranched alkanes of at least 4 members (excludes halogenated alkanes) is 1. The van der Waals surface area contributed by atoms with Gasteiger partial charge in [0.1, 0.15) is 17.7 Å². The lowest BCUT2D eigenvalue weighted by atomic mass is 9.97. The van der Waals surface area contributed by atoms with Crippen LogP contribution in [0.1, 0.15) is 44.3 Å². The van der Waals surface area contributed by atoms with Gasteiger partial charge in [0, 0.05) is 37.9 Å². The Kier molecular flexibility index (Phi) is 4.15. The standard InChI is InChI=1S/C17H23N7/c1-2-3-7-23-9-6-18-16(23)13-5-4-8-24(10-13)17-14-15(20-11-19-14)21-12-22-17/h6,9,11-13H,2-5,7-8,10H2,1H3,(H,19,20,21,22). The molecule has 3 aromatic heterocycles. The van der Waals surface area contributed by atoms with E-state index in [1.54, 1.807) is 12.7 Å². The Hall–Kier alpha value is -2.44. The minimum Gasteiger partial charge on any atom is -0.354 e. The molecule has 1 saturated heterocycles. The first kappa shape index (κ1) is 15.1. The molecule has 0 aliphatic carbocycles. The number of aromatic nitrogens is 6. The summed E-state index contributed by atoms with van der Waals surface area (Å²) in [6.07, 6.45) is 12.0. The first-order chi connectivity index (χ1) is 11.9. The van der Waals surface area contributed by atoms with Crippen molar-refractivity contribution in [1.29, 1.82) is 0 Å². The van der Waals surface area contributed by atoms with Crippen LogP contribution in [0.4, 0.5) is 5.82 Å². The molecule has 4 rings (SSSR count). The average molecular weight is 325 g/mol. The van der Waals surface area contributed by atoms with E-state index in [9.17, 15) is 0 Å². The normalized spacial score (nSPS) is 18.4. The molecule has 1 aliphatic heterocycles. The van der Waals surface area contributed by atoms with E-state index in [4.69, 9.17) is 0 Å². The number of imidazole rings is 2. The van der Waals surface area contributed by atoms with E-state index in [1.807, 2.05) is 6.20 Å². The summed E-state index contributed by atoms with van der Waals surface area (Å²) in [6.45, 7) is 5.23. The molecule has 24 heavy (non-hydrogen) atoms. The Morgan fingerprint density at radius 1 is 1.25 bits per heavy atom. The molecule has 0 amide bonds. The third-order valence-corrected chi connectivity index (χ3v) is 4.79. The second kappa shape index (κ2) is 6.59. The predicted molar refractivity (Wildman–Crippen MR) is 93.0 cm³/mol. The van der Waals surface area contributed by atoms with E-state index in [2.05, 4.69) is 47.5 Å². The van der Waals surface area contributed by atoms with Crippen molar-refractivity contribution in [3.63, 3.8) is 0 Å². The number of hydrogen-bond donors (Lipinski definition) is 1. The van der Waals surface area contributed by atoms with Crippen LogP contribution in [0.2, 0.25) is 0 Å². The Bertz CT molecular complexity index is 806. The van der Waals surface area contributed by atoms with Gasteiger partial charge in [-0.25, -0.2) is 19.9 Å². The van der Waals surface area contributed by atoms with Crippen molar-refractivity contribution >= 4 is 17.0 Å². The van der Waals surface area contributed by atoms with Gasteiger partial charge in [-0.15, -0.1) is 0 Å². The summed E-state index contributed by atoms with van der Waals surface area (Å²) in [5.41, 5.74) is 1.65. The number of nitrogens with zero attached hydrogens (tertiary/aromatic N) is 6. The van der Waals surface area contributed by atoms with E-state index < -0.39 is 0 Å². The van der Waals surface area contributed by atoms with Crippen molar-refractivity contribution in [2.24, 2.45) is 0 Å². The van der Waals surface area contributed by atoms with Crippen LogP contribution < -0.4 is 4.90 Å². The molecule has 0 spiro atoms. The highest BCUT2D eigenvalue weighted by molar-refractivity contribution is 5.82. The maximum absolute atomic E-state index is 4.66. The second-order valence-corrected chi connectivity index (χ2v) is 6.42. The summed E-state index contributed by atoms with van der Waals surface area (Å²) in [5, 5.41) is 0. The van der Waals surface area contributed by atoms with Crippen LogP contribution in [-0.2, 0) is 6.54 Å². The third-order valence-electron chi connectivity index (χ3n) is 4.79. The van der Waals surface area contributed by atoms with E-state index in [1.165, 1.54) is 25.1 Å². The molecule has 0 saturated carbocycles. The molecule has 126 valence electrons. The number of hydrogen-bond acceptors (Lipinski definition) is 5. The lowest BCUT2D eigenvalue weighted by Gasteiger charge is -2.33. The fourth-order valence-corrected chi connectivity index (χ4v) is 3.57. The highest BCUT2D eigenvalue weighted by atomic mass is 15.2. The first-order valence-electron chi connectivity index (χ1n) is 8.77. The molecule has 3 aromatic rings. The maximum atomic E-state index is 4.66. The Morgan fingerprint density at radius 2 is 2.21 bits per heavy atom. The summed E-state index contributed by atoms with van der Waals surface area (Å²) in [5.74, 6) is 2.61. The third kappa shape index (κ3) is 2.74. The van der Waals surface area contributed by atoms with E-state index in [0.29, 0.717) is 5.92 Å². The van der Waals surface area contributed by atoms with Gasteiger partial charge < -0.3 is 14.5 Å². The number of fused-ring (bicyclic) bond motifs is 1. The SMILES string of the molecule is CCCCn1ccnc1C1CCCN(c2ncnc3nc[nH]c23)C1. The van der Waals surface area contributed by atoms with Crippen LogP contribution in [0.25, 0.3) is 11.2 Å². The van der Waals surface area contributed by atoms with E-state index in [0.717, 1.165) is 43.0 Å². The van der Waals surface area contributed by atoms with Crippen molar-refractivity contribution in [1.82, 2.24) is 29.5 Å². The number of aromatic amines is 1. The molecule has 1 N–H and O–H groups in total. The Balaban J connectivity index is 1.58. The number of anilines is 1. The average Bonchev–Trinajstić information content (AvgIpc) is 3.28. The second-order valence-electron chi connectivity index (χ2n) is 6.42. The Morgan fingerprint density at radius 3 is 3.12 bits per heavy atom. The summed E-state index contributed by atoms with van der Waals surface area (Å²) in [7, 11) is 0. The van der Waals surface area contributed by atoms with Crippen molar-refractivity contribution in [2.75, 3.05) is 18.0 Å². The Labute approximate surface area is 141 Å². The quantitative estimate of drug-likeness (QED) is 0.780. The van der Waals surface area contributed by atoms with Gasteiger partial charge >= 0.3 is 0 Å². The van der Waals surface area contributed by atoms with Crippen LogP contribution in [0.15, 0.2) is 25.0 Å². The van der Waals surface area contributed by atoms with E-state index in [-0.39, 0.29) is 0 Å². The summed E-state index contributed by atoms with van der Waals surface area (Å²) < 4.78 is 2.32. The zero-order chi connectivity index (χ0) is 16.4. The first-order valence-corrected chi connectivity index (χ1v) is 8.77. The van der Waals surface area contributed by atoms with Crippen LogP contribution >= 0.6 is 0 Å². The molecule has 0 radical (unpaired) electrons. The minimum atomic E-state index is 0.443. The minimum absolute atomic E-state index is 0.443. The molecule has 1 atom stereocenters. The summed E-state index contributed by atoms with van der Waals surface area (Å²) >= 11 is 0. The molecule has 1 unspecified atom stereocenters. The van der Waals surface area contributed by atoms with Gasteiger partial charge in [-0.05, 0) is 19.3 Å². The van der Waals surface area contributed by atoms with Gasteiger partial charge in [-0.2, -0.15) is 0 Å². The molecule has 7 heteroatoms. The van der Waals surface area contributed by atoms with Crippen molar-refractivity contribution in [2.45, 2.75) is 45.1 Å². The summed E-state index contributed by atoms with van der Waals surface area (Å²) in [4.78, 5) is 23.1. The predicted octanol–water partition coefficient (Wildman–Crippen LogP) is 2.73. The van der Waals surface area contributed by atoms with Gasteiger partial charge in [-0.3, -0.25) is 0 Å². The molecule has 0 aromatic carbocycles. The van der Waals surface area contributed by atoms with E-state index >= 15 is 0 Å². The molecule has 1 aliphatic rings. The zero-order valence-corrected chi connectivity index (χ0v) is 14.0. The maximum Gasteiger partial charge on any atom is 0.182 e. The van der Waals surface area contributed by atoms with Gasteiger partial charge in [0.15, 0.2) is 11.5 Å². The number of nitrogens with one attached hydrogen (secondary N) is 1. The molecular formula is C17H23N7. The topological polar surface area (TPSA) is 75.5 Å². The van der Waals surface area contributed by atoms with Gasteiger partial charge in [0.05, 0.1) is 6.33 Å². The monoisotopic (exact) mass is 325 g/mol. The lowest BCUT2D eigenvalue weighted by molar-refractivity contribution is 0.464. The van der Waals surface area contributed by atoms with Crippen LogP contribution in [0.5, 0.6) is 0 Å². The van der Waals surface area contributed by atoms with Gasteiger partial charge in [0.25, 0.3) is 0 Å². The van der Waals surface area contributed by atoms with Crippen molar-refractivity contribution in [3.8, 4) is 0 Å². The largest absolute Gasteiger partial charge is 0.354 e. The molecule has 7 nitrogen and oxygen atoms in total. The summed E-state index contributed by atoms with van der Waals surface area (Å²) in [6, 6.07) is 0. The van der Waals surface area contributed by atoms with Gasteiger partial charge in [-0.1, -0.05) is 13.3 Å². The molecule has 4 heterocycles. The smallest absolute Gasteiger partial charge is 0.182 e. The highest BCUT2D eigenvalue weighted by Gasteiger charge is 2.26.